The fraction of sp³-hybridized carbons (Fsp3) is 0.333. The van der Waals surface area contributed by atoms with Gasteiger partial charge in [0.15, 0.2) is 0 Å². The van der Waals surface area contributed by atoms with E-state index < -0.39 is 4.92 Å². The number of fused-ring (bicyclic) bond motifs is 1. The van der Waals surface area contributed by atoms with Crippen LogP contribution in [0.3, 0.4) is 0 Å². The summed E-state index contributed by atoms with van der Waals surface area (Å²) in [6, 6.07) is 9.33. The number of benzene rings is 2. The number of hydrogen-bond donors (Lipinski definition) is 0. The van der Waals surface area contributed by atoms with Gasteiger partial charge < -0.3 is 9.64 Å². The summed E-state index contributed by atoms with van der Waals surface area (Å²) < 4.78 is 10.2. The van der Waals surface area contributed by atoms with Crippen molar-refractivity contribution in [2.24, 2.45) is 0 Å². The third-order valence-electron chi connectivity index (χ3n) is 4.75. The summed E-state index contributed by atoms with van der Waals surface area (Å²) in [5, 5.41) is 19.5. The van der Waals surface area contributed by atoms with Gasteiger partial charge in [0.05, 0.1) is 12.0 Å². The molecule has 0 bridgehead atoms. The van der Waals surface area contributed by atoms with Crippen molar-refractivity contribution in [3.05, 3.63) is 40.4 Å². The van der Waals surface area contributed by atoms with E-state index in [0.29, 0.717) is 17.0 Å². The van der Waals surface area contributed by atoms with Gasteiger partial charge in [-0.3, -0.25) is 10.1 Å². The summed E-state index contributed by atoms with van der Waals surface area (Å²) >= 11 is 0. The minimum atomic E-state index is -0.397. The van der Waals surface area contributed by atoms with Gasteiger partial charge in [-0.2, -0.15) is 0 Å². The van der Waals surface area contributed by atoms with Crippen LogP contribution in [-0.4, -0.2) is 35.4 Å². The standard InChI is InChI=1S/C18H18N4O4/c1-25-13-7-5-6-12(10-13)14-11-15(21-8-3-2-4-9-21)18(22(23)24)17-16(14)19-26-20-17/h5-7,10-11H,2-4,8-9H2,1H3. The lowest BCUT2D eigenvalue weighted by atomic mass is 10.00. The summed E-state index contributed by atoms with van der Waals surface area (Å²) in [7, 11) is 1.60. The SMILES string of the molecule is COc1cccc(-c2cc(N3CCCCC3)c([N+](=O)[O-])c3nonc23)c1. The van der Waals surface area contributed by atoms with E-state index in [4.69, 9.17) is 9.37 Å². The van der Waals surface area contributed by atoms with E-state index in [9.17, 15) is 10.1 Å². The maximum Gasteiger partial charge on any atom is 0.323 e. The van der Waals surface area contributed by atoms with Crippen LogP contribution in [0.4, 0.5) is 11.4 Å². The first-order valence-corrected chi connectivity index (χ1v) is 8.52. The van der Waals surface area contributed by atoms with E-state index in [1.165, 1.54) is 0 Å². The van der Waals surface area contributed by atoms with Crippen molar-refractivity contribution in [1.82, 2.24) is 10.3 Å². The monoisotopic (exact) mass is 354 g/mol. The van der Waals surface area contributed by atoms with E-state index in [2.05, 4.69) is 15.2 Å². The molecule has 1 aromatic heterocycles. The Hall–Kier alpha value is -3.16. The largest absolute Gasteiger partial charge is 0.497 e. The van der Waals surface area contributed by atoms with Crippen LogP contribution in [0.15, 0.2) is 35.0 Å². The van der Waals surface area contributed by atoms with Crippen molar-refractivity contribution in [1.29, 1.82) is 0 Å². The Morgan fingerprint density at radius 3 is 2.65 bits per heavy atom. The molecule has 2 heterocycles. The Balaban J connectivity index is 1.97. The summed E-state index contributed by atoms with van der Waals surface area (Å²) in [5.74, 6) is 0.699. The smallest absolute Gasteiger partial charge is 0.323 e. The maximum atomic E-state index is 11.8. The van der Waals surface area contributed by atoms with Crippen LogP contribution in [0.1, 0.15) is 19.3 Å². The topological polar surface area (TPSA) is 94.5 Å². The lowest BCUT2D eigenvalue weighted by Crippen LogP contribution is -2.30. The number of aromatic nitrogens is 2. The fourth-order valence-corrected chi connectivity index (χ4v) is 3.48. The van der Waals surface area contributed by atoms with Crippen LogP contribution in [0.5, 0.6) is 5.75 Å². The average molecular weight is 354 g/mol. The number of nitrogens with zero attached hydrogens (tertiary/aromatic N) is 4. The molecule has 134 valence electrons. The molecule has 1 aliphatic heterocycles. The van der Waals surface area contributed by atoms with Gasteiger partial charge in [-0.05, 0) is 53.3 Å². The highest BCUT2D eigenvalue weighted by atomic mass is 16.6. The number of rotatable bonds is 4. The van der Waals surface area contributed by atoms with Crippen molar-refractivity contribution in [2.45, 2.75) is 19.3 Å². The van der Waals surface area contributed by atoms with E-state index >= 15 is 0 Å². The van der Waals surface area contributed by atoms with Gasteiger partial charge in [0.25, 0.3) is 0 Å². The van der Waals surface area contributed by atoms with E-state index in [0.717, 1.165) is 43.5 Å². The zero-order valence-corrected chi connectivity index (χ0v) is 14.3. The molecular weight excluding hydrogens is 336 g/mol. The molecule has 26 heavy (non-hydrogen) atoms. The summed E-state index contributed by atoms with van der Waals surface area (Å²) in [5.41, 5.74) is 2.66. The zero-order chi connectivity index (χ0) is 18.1. The maximum absolute atomic E-state index is 11.8. The predicted octanol–water partition coefficient (Wildman–Crippen LogP) is 3.80. The van der Waals surface area contributed by atoms with Crippen LogP contribution in [0.25, 0.3) is 22.2 Å². The number of piperidine rings is 1. The van der Waals surface area contributed by atoms with Crippen LogP contribution < -0.4 is 9.64 Å². The van der Waals surface area contributed by atoms with Gasteiger partial charge in [-0.25, -0.2) is 4.63 Å². The molecule has 0 aliphatic carbocycles. The number of nitro benzene ring substituents is 1. The number of ether oxygens (including phenoxy) is 1. The van der Waals surface area contributed by atoms with Gasteiger partial charge in [0, 0.05) is 18.7 Å². The highest BCUT2D eigenvalue weighted by Gasteiger charge is 2.29. The Kier molecular flexibility index (Phi) is 4.16. The Morgan fingerprint density at radius 2 is 1.92 bits per heavy atom. The first-order chi connectivity index (χ1) is 12.7. The second kappa shape index (κ2) is 6.62. The highest BCUT2D eigenvalue weighted by molar-refractivity contribution is 6.01. The number of nitro groups is 1. The van der Waals surface area contributed by atoms with Crippen molar-refractivity contribution >= 4 is 22.4 Å². The molecule has 8 heteroatoms. The molecule has 1 fully saturated rings. The predicted molar refractivity (Wildman–Crippen MR) is 96.5 cm³/mol. The normalized spacial score (nSPS) is 14.6. The number of hydrogen-bond acceptors (Lipinski definition) is 7. The second-order valence-electron chi connectivity index (χ2n) is 6.29. The molecule has 0 amide bonds. The van der Waals surface area contributed by atoms with Gasteiger partial charge in [-0.15, -0.1) is 0 Å². The molecule has 0 N–H and O–H groups in total. The molecule has 0 unspecified atom stereocenters. The van der Waals surface area contributed by atoms with E-state index in [-0.39, 0.29) is 11.2 Å². The summed E-state index contributed by atoms with van der Waals surface area (Å²) in [4.78, 5) is 13.4. The summed E-state index contributed by atoms with van der Waals surface area (Å²) in [6.07, 6.45) is 3.17. The molecule has 0 atom stereocenters. The van der Waals surface area contributed by atoms with Crippen LogP contribution >= 0.6 is 0 Å². The number of anilines is 1. The molecule has 4 rings (SSSR count). The molecule has 8 nitrogen and oxygen atoms in total. The van der Waals surface area contributed by atoms with Crippen LogP contribution in [-0.2, 0) is 0 Å². The molecule has 0 radical (unpaired) electrons. The Bertz CT molecular complexity index is 963. The second-order valence-corrected chi connectivity index (χ2v) is 6.29. The molecule has 1 saturated heterocycles. The molecule has 1 aliphatic rings. The lowest BCUT2D eigenvalue weighted by molar-refractivity contribution is -0.382. The highest BCUT2D eigenvalue weighted by Crippen LogP contribution is 2.41. The number of methoxy groups -OCH3 is 1. The Labute approximate surface area is 149 Å². The van der Waals surface area contributed by atoms with Gasteiger partial charge in [0.2, 0.25) is 5.52 Å². The van der Waals surface area contributed by atoms with Crippen LogP contribution in [0.2, 0.25) is 0 Å². The molecular formula is C18H18N4O4. The zero-order valence-electron chi connectivity index (χ0n) is 14.3. The average Bonchev–Trinajstić information content (AvgIpc) is 3.16. The van der Waals surface area contributed by atoms with Crippen molar-refractivity contribution in [3.63, 3.8) is 0 Å². The van der Waals surface area contributed by atoms with Gasteiger partial charge in [-0.1, -0.05) is 12.1 Å². The quantitative estimate of drug-likeness (QED) is 0.519. The molecule has 2 aromatic carbocycles. The van der Waals surface area contributed by atoms with Crippen molar-refractivity contribution in [3.8, 4) is 16.9 Å². The fourth-order valence-electron chi connectivity index (χ4n) is 3.48. The molecule has 0 spiro atoms. The van der Waals surface area contributed by atoms with Gasteiger partial charge in [0.1, 0.15) is 17.0 Å². The first-order valence-electron chi connectivity index (χ1n) is 8.52. The Morgan fingerprint density at radius 1 is 1.15 bits per heavy atom. The summed E-state index contributed by atoms with van der Waals surface area (Å²) in [6.45, 7) is 1.57. The minimum absolute atomic E-state index is 0.0465. The lowest BCUT2D eigenvalue weighted by Gasteiger charge is -2.28. The van der Waals surface area contributed by atoms with E-state index in [1.807, 2.05) is 30.3 Å². The third-order valence-corrected chi connectivity index (χ3v) is 4.75. The van der Waals surface area contributed by atoms with E-state index in [1.54, 1.807) is 7.11 Å². The molecule has 0 saturated carbocycles. The van der Waals surface area contributed by atoms with Gasteiger partial charge >= 0.3 is 5.69 Å². The first kappa shape index (κ1) is 16.3. The van der Waals surface area contributed by atoms with Crippen LogP contribution in [0, 0.1) is 10.1 Å². The third kappa shape index (κ3) is 2.73. The van der Waals surface area contributed by atoms with Crippen molar-refractivity contribution in [2.75, 3.05) is 25.1 Å². The minimum Gasteiger partial charge on any atom is -0.497 e. The molecule has 3 aromatic rings. The van der Waals surface area contributed by atoms with Crippen molar-refractivity contribution < 1.29 is 14.3 Å².